The van der Waals surface area contributed by atoms with E-state index in [0.29, 0.717) is 0 Å². The summed E-state index contributed by atoms with van der Waals surface area (Å²) in [6, 6.07) is 12.0. The minimum Gasteiger partial charge on any atom is -0.488 e. The van der Waals surface area contributed by atoms with E-state index in [-0.39, 0.29) is 38.6 Å². The third-order valence-electron chi connectivity index (χ3n) is 3.58. The zero-order chi connectivity index (χ0) is 17.2. The van der Waals surface area contributed by atoms with E-state index in [2.05, 4.69) is 0 Å². The average molecular weight is 335 g/mol. The van der Waals surface area contributed by atoms with Crippen molar-refractivity contribution in [3.8, 4) is 5.75 Å². The summed E-state index contributed by atoms with van der Waals surface area (Å²) in [4.78, 5) is 12.7. The molecule has 0 fully saturated rings. The molecule has 0 aliphatic carbocycles. The summed E-state index contributed by atoms with van der Waals surface area (Å²) in [5.74, 6) is 0.850. The Hall–Kier alpha value is -1.06. The van der Waals surface area contributed by atoms with Crippen molar-refractivity contribution >= 4 is 38.3 Å². The molecule has 0 bridgehead atoms. The number of carbonyl (C=O) groups is 1. The third-order valence-corrected chi connectivity index (χ3v) is 4.89. The van der Waals surface area contributed by atoms with E-state index < -0.39 is 0 Å². The first-order valence-electron chi connectivity index (χ1n) is 7.84. The van der Waals surface area contributed by atoms with Crippen molar-refractivity contribution in [1.29, 1.82) is 0 Å². The molecule has 2 nitrogen and oxygen atoms in total. The summed E-state index contributed by atoms with van der Waals surface area (Å²) in [6.45, 7) is 12.1. The largest absolute Gasteiger partial charge is 0.488 e. The maximum atomic E-state index is 12.7. The van der Waals surface area contributed by atoms with Crippen molar-refractivity contribution in [1.82, 2.24) is 0 Å². The topological polar surface area (TPSA) is 26.3 Å². The summed E-state index contributed by atoms with van der Waals surface area (Å²) in [6.07, 6.45) is 0. The normalized spacial score (nSPS) is 11.4. The van der Waals surface area contributed by atoms with Crippen molar-refractivity contribution < 1.29 is 9.53 Å². The number of carbonyl (C=O) groups excluding carboxylic acids is 1. The molecule has 0 spiro atoms. The molecule has 0 heterocycles. The van der Waals surface area contributed by atoms with Gasteiger partial charge in [-0.15, -0.1) is 0 Å². The number of rotatable bonds is 4. The maximum Gasteiger partial charge on any atom is 0.186 e. The van der Waals surface area contributed by atoms with Crippen LogP contribution in [0.4, 0.5) is 0 Å². The fourth-order valence-electron chi connectivity index (χ4n) is 2.55. The van der Waals surface area contributed by atoms with Gasteiger partial charge in [0, 0.05) is 24.4 Å². The van der Waals surface area contributed by atoms with E-state index >= 15 is 0 Å². The van der Waals surface area contributed by atoms with Crippen LogP contribution in [0, 0.1) is 20.8 Å². The van der Waals surface area contributed by atoms with Crippen LogP contribution in [0.1, 0.15) is 47.8 Å². The van der Waals surface area contributed by atoms with Gasteiger partial charge in [0.15, 0.2) is 5.52 Å². The van der Waals surface area contributed by atoms with Crippen molar-refractivity contribution in [2.24, 2.45) is 0 Å². The van der Waals surface area contributed by atoms with Gasteiger partial charge in [0.1, 0.15) is 11.4 Å². The molecule has 0 aliphatic heterocycles. The number of benzene rings is 2. The van der Waals surface area contributed by atoms with Crippen LogP contribution in [-0.4, -0.2) is 30.0 Å². The first-order valence-corrected chi connectivity index (χ1v) is 8.84. The van der Waals surface area contributed by atoms with Crippen LogP contribution in [0.15, 0.2) is 36.4 Å². The number of ether oxygens (including phenoxy) is 1. The van der Waals surface area contributed by atoms with E-state index in [9.17, 15) is 4.79 Å². The molecule has 1 atom stereocenters. The van der Waals surface area contributed by atoms with Crippen LogP contribution in [0.3, 0.4) is 0 Å². The Kier molecular flexibility index (Phi) is 7.30. The molecule has 0 N–H and O–H groups in total. The molecule has 2 aromatic rings. The summed E-state index contributed by atoms with van der Waals surface area (Å²) in [5, 5.41) is 1.08. The van der Waals surface area contributed by atoms with E-state index in [0.717, 1.165) is 33.3 Å². The van der Waals surface area contributed by atoms with Crippen molar-refractivity contribution in [2.75, 3.05) is 0 Å². The quantitative estimate of drug-likeness (QED) is 0.605. The number of hydrogen-bond donors (Lipinski definition) is 0. The molecular weight excluding hydrogens is 310 g/mol. The third kappa shape index (κ3) is 5.49. The molecule has 1 radical (unpaired) electrons. The fraction of sp³-hybridized carbons (Fsp3) is 0.350. The molecule has 2 rings (SSSR count). The first kappa shape index (κ1) is 21.0. The summed E-state index contributed by atoms with van der Waals surface area (Å²) < 4.78 is 5.88. The van der Waals surface area contributed by atoms with Gasteiger partial charge in [-0.3, -0.25) is 4.79 Å². The monoisotopic (exact) mass is 335 g/mol. The zero-order valence-corrected chi connectivity index (χ0v) is 16.8. The van der Waals surface area contributed by atoms with Crippen molar-refractivity contribution in [2.45, 2.75) is 47.1 Å². The minimum atomic E-state index is -0.218. The van der Waals surface area contributed by atoms with Crippen LogP contribution in [0.2, 0.25) is 0 Å². The molecule has 0 saturated carbocycles. The van der Waals surface area contributed by atoms with E-state index in [1.807, 2.05) is 77.9 Å². The van der Waals surface area contributed by atoms with Crippen LogP contribution in [-0.2, 0) is 0 Å². The molecular formula is C20H25LiO2P. The standard InChI is InChI=1S/C20H25O2P.Li/c1-13-8-7-9-14(2)18(13)19(21)23-17-11-10-16(12-15(17)3)22-20(4,5)6;/h7-12,23H,1-6H3;. The molecule has 123 valence electrons. The van der Waals surface area contributed by atoms with Gasteiger partial charge in [-0.05, 0) is 84.3 Å². The second-order valence-corrected chi connectivity index (χ2v) is 8.15. The average Bonchev–Trinajstić information content (AvgIpc) is 2.40. The van der Waals surface area contributed by atoms with Gasteiger partial charge in [0.05, 0.1) is 0 Å². The van der Waals surface area contributed by atoms with Crippen LogP contribution in [0.5, 0.6) is 5.75 Å². The smallest absolute Gasteiger partial charge is 0.186 e. The Bertz CT molecular complexity index is 713. The van der Waals surface area contributed by atoms with Crippen molar-refractivity contribution in [3.63, 3.8) is 0 Å². The van der Waals surface area contributed by atoms with Gasteiger partial charge >= 0.3 is 0 Å². The molecule has 0 amide bonds. The van der Waals surface area contributed by atoms with Gasteiger partial charge in [0.2, 0.25) is 0 Å². The number of hydrogen-bond acceptors (Lipinski definition) is 2. The number of aryl methyl sites for hydroxylation is 3. The molecule has 4 heteroatoms. The minimum absolute atomic E-state index is 0. The van der Waals surface area contributed by atoms with Gasteiger partial charge < -0.3 is 4.74 Å². The second-order valence-electron chi connectivity index (χ2n) is 6.91. The molecule has 2 aromatic carbocycles. The Balaban J connectivity index is 0.00000288. The molecule has 24 heavy (non-hydrogen) atoms. The molecule has 0 aromatic heterocycles. The molecule has 1 unspecified atom stereocenters. The van der Waals surface area contributed by atoms with E-state index in [4.69, 9.17) is 4.74 Å². The SMILES string of the molecule is Cc1cc(OC(C)(C)C)ccc1PC(=O)c1c(C)cccc1C.[Li]. The first-order chi connectivity index (χ1) is 10.7. The Morgan fingerprint density at radius 3 is 2.04 bits per heavy atom. The predicted molar refractivity (Wildman–Crippen MR) is 106 cm³/mol. The van der Waals surface area contributed by atoms with Crippen LogP contribution < -0.4 is 10.0 Å². The Morgan fingerprint density at radius 2 is 1.54 bits per heavy atom. The Morgan fingerprint density at radius 1 is 0.958 bits per heavy atom. The summed E-state index contributed by atoms with van der Waals surface area (Å²) in [5.41, 5.74) is 4.04. The van der Waals surface area contributed by atoms with Gasteiger partial charge in [-0.2, -0.15) is 0 Å². The van der Waals surface area contributed by atoms with E-state index in [1.165, 1.54) is 0 Å². The Labute approximate surface area is 159 Å². The zero-order valence-electron chi connectivity index (χ0n) is 15.8. The molecule has 0 saturated heterocycles. The summed E-state index contributed by atoms with van der Waals surface area (Å²) in [7, 11) is 0.137. The van der Waals surface area contributed by atoms with E-state index in [1.54, 1.807) is 0 Å². The summed E-state index contributed by atoms with van der Waals surface area (Å²) >= 11 is 0. The van der Waals surface area contributed by atoms with Gasteiger partial charge in [-0.25, -0.2) is 0 Å². The van der Waals surface area contributed by atoms with Crippen molar-refractivity contribution in [3.05, 3.63) is 58.7 Å². The van der Waals surface area contributed by atoms with Crippen LogP contribution in [0.25, 0.3) is 0 Å². The van der Waals surface area contributed by atoms with Gasteiger partial charge in [-0.1, -0.05) is 24.3 Å². The molecule has 0 aliphatic rings. The fourth-order valence-corrected chi connectivity index (χ4v) is 3.75. The van der Waals surface area contributed by atoms with Gasteiger partial charge in [0.25, 0.3) is 0 Å². The predicted octanol–water partition coefficient (Wildman–Crippen LogP) is 4.55. The second kappa shape index (κ2) is 8.35. The van der Waals surface area contributed by atoms with Crippen LogP contribution >= 0.6 is 8.58 Å². The maximum absolute atomic E-state index is 12.7.